The van der Waals surface area contributed by atoms with Crippen molar-refractivity contribution >= 4 is 29.9 Å². The van der Waals surface area contributed by atoms with E-state index >= 15 is 0 Å². The second-order valence-electron chi connectivity index (χ2n) is 3.60. The molecule has 0 saturated carbocycles. The van der Waals surface area contributed by atoms with Gasteiger partial charge in [0.1, 0.15) is 0 Å². The minimum atomic E-state index is 0.0930. The number of ether oxygens (including phenoxy) is 1. The van der Waals surface area contributed by atoms with Crippen LogP contribution in [-0.4, -0.2) is 36.6 Å². The lowest BCUT2D eigenvalue weighted by atomic mass is 10.3. The Morgan fingerprint density at radius 3 is 3.13 bits per heavy atom. The minimum absolute atomic E-state index is 0.0930. The quantitative estimate of drug-likeness (QED) is 0.763. The molecular formula is C10H13NO2S2. The predicted molar refractivity (Wildman–Crippen MR) is 62.9 cm³/mol. The van der Waals surface area contributed by atoms with Crippen molar-refractivity contribution < 1.29 is 9.53 Å². The van der Waals surface area contributed by atoms with E-state index in [1.807, 2.05) is 23.3 Å². The van der Waals surface area contributed by atoms with Crippen molar-refractivity contribution in [2.45, 2.75) is 17.9 Å². The number of thiol groups is 1. The zero-order valence-corrected chi connectivity index (χ0v) is 10.2. The molecule has 1 aromatic rings. The van der Waals surface area contributed by atoms with Gasteiger partial charge >= 0.3 is 0 Å². The van der Waals surface area contributed by atoms with E-state index in [-0.39, 0.29) is 12.0 Å². The third-order valence-corrected chi connectivity index (χ3v) is 3.68. The van der Waals surface area contributed by atoms with Gasteiger partial charge in [0.25, 0.3) is 5.91 Å². The summed E-state index contributed by atoms with van der Waals surface area (Å²) in [6.07, 6.45) is 0.137. The maximum absolute atomic E-state index is 12.0. The molecule has 15 heavy (non-hydrogen) atoms. The predicted octanol–water partition coefficient (Wildman–Crippen LogP) is 1.90. The Balaban J connectivity index is 2.07. The highest BCUT2D eigenvalue weighted by Gasteiger charge is 2.23. The van der Waals surface area contributed by atoms with Gasteiger partial charge in [0.2, 0.25) is 0 Å². The van der Waals surface area contributed by atoms with Gasteiger partial charge in [0.15, 0.2) is 0 Å². The molecular weight excluding hydrogens is 230 g/mol. The first-order chi connectivity index (χ1) is 7.16. The summed E-state index contributed by atoms with van der Waals surface area (Å²) in [5, 5.41) is 1.88. The highest BCUT2D eigenvalue weighted by atomic mass is 32.1. The molecule has 1 atom stereocenters. The van der Waals surface area contributed by atoms with Crippen LogP contribution in [0.5, 0.6) is 0 Å². The van der Waals surface area contributed by atoms with Crippen molar-refractivity contribution in [1.82, 2.24) is 4.90 Å². The second kappa shape index (κ2) is 4.55. The maximum atomic E-state index is 12.0. The molecule has 82 valence electrons. The Kier molecular flexibility index (Phi) is 3.33. The first-order valence-corrected chi connectivity index (χ1v) is 6.18. The van der Waals surface area contributed by atoms with E-state index in [0.717, 1.165) is 9.77 Å². The van der Waals surface area contributed by atoms with E-state index in [1.54, 1.807) is 0 Å². The number of hydrogen-bond acceptors (Lipinski definition) is 4. The molecule has 1 saturated heterocycles. The number of thiophene rings is 1. The van der Waals surface area contributed by atoms with E-state index < -0.39 is 0 Å². The van der Waals surface area contributed by atoms with E-state index in [9.17, 15) is 4.79 Å². The highest BCUT2D eigenvalue weighted by molar-refractivity contribution is 7.80. The summed E-state index contributed by atoms with van der Waals surface area (Å²) < 4.78 is 5.39. The lowest BCUT2D eigenvalue weighted by Gasteiger charge is -2.30. The number of carbonyl (C=O) groups is 1. The van der Waals surface area contributed by atoms with Crippen molar-refractivity contribution in [2.75, 3.05) is 19.7 Å². The fraction of sp³-hybridized carbons (Fsp3) is 0.500. The largest absolute Gasteiger partial charge is 0.375 e. The first-order valence-electron chi connectivity index (χ1n) is 4.85. The molecule has 1 amide bonds. The minimum Gasteiger partial charge on any atom is -0.375 e. The van der Waals surface area contributed by atoms with E-state index in [1.165, 1.54) is 11.3 Å². The van der Waals surface area contributed by atoms with Crippen molar-refractivity contribution in [3.8, 4) is 0 Å². The van der Waals surface area contributed by atoms with Crippen LogP contribution in [0.4, 0.5) is 0 Å². The summed E-state index contributed by atoms with van der Waals surface area (Å²) in [6, 6.07) is 1.82. The Hall–Kier alpha value is -0.520. The summed E-state index contributed by atoms with van der Waals surface area (Å²) in [4.78, 5) is 15.5. The molecule has 0 N–H and O–H groups in total. The highest BCUT2D eigenvalue weighted by Crippen LogP contribution is 2.20. The molecule has 0 spiro atoms. The van der Waals surface area contributed by atoms with Crippen LogP contribution in [0.3, 0.4) is 0 Å². The number of hydrogen-bond donors (Lipinski definition) is 1. The van der Waals surface area contributed by atoms with Crippen LogP contribution in [0, 0.1) is 0 Å². The van der Waals surface area contributed by atoms with E-state index in [2.05, 4.69) is 12.6 Å². The van der Waals surface area contributed by atoms with Gasteiger partial charge in [-0.05, 0) is 13.0 Å². The molecule has 1 fully saturated rings. The van der Waals surface area contributed by atoms with Crippen molar-refractivity contribution in [1.29, 1.82) is 0 Å². The average molecular weight is 243 g/mol. The normalized spacial score (nSPS) is 21.7. The molecule has 0 aliphatic carbocycles. The van der Waals surface area contributed by atoms with Crippen molar-refractivity contribution in [2.24, 2.45) is 0 Å². The average Bonchev–Trinajstić information content (AvgIpc) is 2.64. The zero-order valence-electron chi connectivity index (χ0n) is 8.47. The molecule has 0 aromatic carbocycles. The standard InChI is InChI=1S/C10H13NO2S2/c1-7-5-11(2-3-13-7)10(12)9-4-8(14)6-15-9/h4,6-7,14H,2-3,5H2,1H3. The number of carbonyl (C=O) groups excluding carboxylic acids is 1. The summed E-state index contributed by atoms with van der Waals surface area (Å²) in [5.74, 6) is 0.0930. The van der Waals surface area contributed by atoms with Gasteiger partial charge in [-0.2, -0.15) is 0 Å². The van der Waals surface area contributed by atoms with Crippen LogP contribution < -0.4 is 0 Å². The fourth-order valence-corrected chi connectivity index (χ4v) is 2.71. The van der Waals surface area contributed by atoms with Gasteiger partial charge in [-0.15, -0.1) is 24.0 Å². The molecule has 2 rings (SSSR count). The second-order valence-corrected chi connectivity index (χ2v) is 5.03. The molecule has 1 unspecified atom stereocenters. The lowest BCUT2D eigenvalue weighted by molar-refractivity contribution is -0.0122. The number of nitrogens with zero attached hydrogens (tertiary/aromatic N) is 1. The van der Waals surface area contributed by atoms with Gasteiger partial charge in [-0.3, -0.25) is 4.79 Å². The molecule has 3 nitrogen and oxygen atoms in total. The van der Waals surface area contributed by atoms with Gasteiger partial charge in [0.05, 0.1) is 17.6 Å². The summed E-state index contributed by atoms with van der Waals surface area (Å²) in [6.45, 7) is 3.98. The third-order valence-electron chi connectivity index (χ3n) is 2.32. The van der Waals surface area contributed by atoms with E-state index in [4.69, 9.17) is 4.74 Å². The van der Waals surface area contributed by atoms with Crippen LogP contribution in [-0.2, 0) is 4.74 Å². The van der Waals surface area contributed by atoms with Gasteiger partial charge < -0.3 is 9.64 Å². The first kappa shape index (κ1) is 11.0. The summed E-state index contributed by atoms with van der Waals surface area (Å²) >= 11 is 5.64. The van der Waals surface area contributed by atoms with Crippen LogP contribution >= 0.6 is 24.0 Å². The Morgan fingerprint density at radius 2 is 2.53 bits per heavy atom. The van der Waals surface area contributed by atoms with Crippen LogP contribution in [0.2, 0.25) is 0 Å². The van der Waals surface area contributed by atoms with Crippen molar-refractivity contribution in [3.05, 3.63) is 16.3 Å². The third kappa shape index (κ3) is 2.53. The smallest absolute Gasteiger partial charge is 0.264 e. The lowest BCUT2D eigenvalue weighted by Crippen LogP contribution is -2.44. The monoisotopic (exact) mass is 243 g/mol. The van der Waals surface area contributed by atoms with E-state index in [0.29, 0.717) is 19.7 Å². The summed E-state index contributed by atoms with van der Waals surface area (Å²) in [5.41, 5.74) is 0. The number of amides is 1. The SMILES string of the molecule is CC1CN(C(=O)c2cc(S)cs2)CCO1. The topological polar surface area (TPSA) is 29.5 Å². The summed E-state index contributed by atoms with van der Waals surface area (Å²) in [7, 11) is 0. The van der Waals surface area contributed by atoms with Crippen molar-refractivity contribution in [3.63, 3.8) is 0 Å². The molecule has 0 bridgehead atoms. The molecule has 1 aromatic heterocycles. The molecule has 1 aliphatic heterocycles. The van der Waals surface area contributed by atoms with Gasteiger partial charge in [-0.25, -0.2) is 0 Å². The number of rotatable bonds is 1. The van der Waals surface area contributed by atoms with Crippen LogP contribution in [0.1, 0.15) is 16.6 Å². The zero-order chi connectivity index (χ0) is 10.8. The molecule has 5 heteroatoms. The number of morpholine rings is 1. The Labute approximate surface area is 98.4 Å². The Morgan fingerprint density at radius 1 is 1.73 bits per heavy atom. The molecule has 0 radical (unpaired) electrons. The van der Waals surface area contributed by atoms with Gasteiger partial charge in [-0.1, -0.05) is 0 Å². The van der Waals surface area contributed by atoms with Crippen LogP contribution in [0.15, 0.2) is 16.3 Å². The fourth-order valence-electron chi connectivity index (χ4n) is 1.60. The van der Waals surface area contributed by atoms with Crippen LogP contribution in [0.25, 0.3) is 0 Å². The molecule has 2 heterocycles. The van der Waals surface area contributed by atoms with Gasteiger partial charge in [0, 0.05) is 23.4 Å². The molecule has 1 aliphatic rings. The maximum Gasteiger partial charge on any atom is 0.264 e. The Bertz CT molecular complexity index is 364.